The fraction of sp³-hybridized carbons (Fsp3) is 0.265. The second kappa shape index (κ2) is 13.1. The van der Waals surface area contributed by atoms with Crippen LogP contribution in [-0.4, -0.2) is 51.2 Å². The molecular weight excluding hydrogens is 570 g/mol. The third-order valence-corrected chi connectivity index (χ3v) is 8.16. The standard InChI is InChI=1S/C34H35N7O4/c1-22(42)36-34-35-21-30(39-34)24-11-13-26(14-12-24)37-32(31-28-20-27(41(44)45)15-16-29(28)38-33(31)43)25-9-7-23(8-10-25)6-5-19-40-17-3-2-4-18-40/h7-16,20-21,37H,2-6,17-19H2,1H3,(H,38,43)(H2,35,36,39,42)/b32-31-. The molecule has 1 aromatic heterocycles. The molecular formula is C34H35N7O4. The summed E-state index contributed by atoms with van der Waals surface area (Å²) in [6, 6.07) is 20.1. The number of non-ortho nitro benzene ring substituents is 1. The number of likely N-dealkylation sites (tertiary alicyclic amines) is 1. The molecule has 3 aromatic carbocycles. The van der Waals surface area contributed by atoms with Gasteiger partial charge in [0, 0.05) is 47.8 Å². The molecule has 1 saturated heterocycles. The van der Waals surface area contributed by atoms with Crippen molar-refractivity contribution in [2.45, 2.75) is 39.0 Å². The Labute approximate surface area is 260 Å². The van der Waals surface area contributed by atoms with E-state index in [1.54, 1.807) is 12.3 Å². The van der Waals surface area contributed by atoms with Gasteiger partial charge in [-0.2, -0.15) is 0 Å². The summed E-state index contributed by atoms with van der Waals surface area (Å²) in [6.45, 7) is 4.88. The molecule has 45 heavy (non-hydrogen) atoms. The Morgan fingerprint density at radius 3 is 2.47 bits per heavy atom. The molecule has 2 aliphatic rings. The number of fused-ring (bicyclic) bond motifs is 1. The lowest BCUT2D eigenvalue weighted by atomic mass is 9.98. The van der Waals surface area contributed by atoms with E-state index in [4.69, 9.17) is 0 Å². The summed E-state index contributed by atoms with van der Waals surface area (Å²) in [5, 5.41) is 20.5. The van der Waals surface area contributed by atoms with E-state index in [0.29, 0.717) is 34.2 Å². The molecule has 1 fully saturated rings. The SMILES string of the molecule is CC(=O)Nc1nc(-c2ccc(N/C(=C3\C(=O)Nc4ccc([N+](=O)[O-])cc43)c3ccc(CCCN4CCCCC4)cc3)cc2)c[nH]1. The Morgan fingerprint density at radius 1 is 1.00 bits per heavy atom. The first kappa shape index (κ1) is 29.8. The highest BCUT2D eigenvalue weighted by Crippen LogP contribution is 2.39. The molecule has 0 saturated carbocycles. The number of hydrogen-bond acceptors (Lipinski definition) is 7. The number of benzene rings is 3. The van der Waals surface area contributed by atoms with Crippen molar-refractivity contribution in [1.29, 1.82) is 0 Å². The quantitative estimate of drug-likeness (QED) is 0.0944. The first-order valence-corrected chi connectivity index (χ1v) is 15.2. The van der Waals surface area contributed by atoms with Crippen molar-refractivity contribution in [3.63, 3.8) is 0 Å². The number of carbonyl (C=O) groups is 2. The number of amides is 2. The lowest BCUT2D eigenvalue weighted by Crippen LogP contribution is -2.30. The molecule has 0 aliphatic carbocycles. The Hall–Kier alpha value is -5.29. The Morgan fingerprint density at radius 2 is 1.76 bits per heavy atom. The highest BCUT2D eigenvalue weighted by Gasteiger charge is 2.30. The Balaban J connectivity index is 1.29. The molecule has 0 unspecified atom stereocenters. The molecule has 0 spiro atoms. The van der Waals surface area contributed by atoms with Crippen LogP contribution in [0.4, 0.5) is 23.0 Å². The van der Waals surface area contributed by atoms with Crippen LogP contribution in [0.2, 0.25) is 0 Å². The van der Waals surface area contributed by atoms with Gasteiger partial charge in [0.15, 0.2) is 0 Å². The fourth-order valence-corrected chi connectivity index (χ4v) is 5.89. The first-order chi connectivity index (χ1) is 21.8. The zero-order valence-corrected chi connectivity index (χ0v) is 25.1. The van der Waals surface area contributed by atoms with Gasteiger partial charge in [0.05, 0.1) is 21.9 Å². The number of rotatable bonds is 10. The summed E-state index contributed by atoms with van der Waals surface area (Å²) < 4.78 is 0. The van der Waals surface area contributed by atoms with Crippen molar-refractivity contribution in [1.82, 2.24) is 14.9 Å². The lowest BCUT2D eigenvalue weighted by molar-refractivity contribution is -0.384. The van der Waals surface area contributed by atoms with Crippen molar-refractivity contribution in [2.75, 3.05) is 35.6 Å². The zero-order chi connectivity index (χ0) is 31.3. The maximum atomic E-state index is 13.4. The molecule has 0 atom stereocenters. The van der Waals surface area contributed by atoms with Gasteiger partial charge >= 0.3 is 0 Å². The van der Waals surface area contributed by atoms with E-state index in [-0.39, 0.29) is 17.5 Å². The number of aryl methyl sites for hydroxylation is 1. The summed E-state index contributed by atoms with van der Waals surface area (Å²) in [4.78, 5) is 45.7. The monoisotopic (exact) mass is 605 g/mol. The van der Waals surface area contributed by atoms with Crippen molar-refractivity contribution in [2.24, 2.45) is 0 Å². The molecule has 0 radical (unpaired) electrons. The summed E-state index contributed by atoms with van der Waals surface area (Å²) in [6.07, 6.45) is 7.65. The van der Waals surface area contributed by atoms with E-state index in [0.717, 1.165) is 36.2 Å². The van der Waals surface area contributed by atoms with Crippen molar-refractivity contribution in [3.05, 3.63) is 99.7 Å². The zero-order valence-electron chi connectivity index (χ0n) is 25.1. The molecule has 230 valence electrons. The van der Waals surface area contributed by atoms with E-state index in [9.17, 15) is 19.7 Å². The normalized spacial score (nSPS) is 15.7. The van der Waals surface area contributed by atoms with E-state index in [2.05, 4.69) is 43.0 Å². The van der Waals surface area contributed by atoms with Crippen LogP contribution < -0.4 is 16.0 Å². The van der Waals surface area contributed by atoms with Crippen LogP contribution in [0.3, 0.4) is 0 Å². The topological polar surface area (TPSA) is 145 Å². The molecule has 3 heterocycles. The smallest absolute Gasteiger partial charge is 0.270 e. The predicted octanol–water partition coefficient (Wildman–Crippen LogP) is 6.29. The Bertz CT molecular complexity index is 1750. The van der Waals surface area contributed by atoms with Gasteiger partial charge < -0.3 is 20.5 Å². The van der Waals surface area contributed by atoms with Crippen LogP contribution in [0, 0.1) is 10.1 Å². The summed E-state index contributed by atoms with van der Waals surface area (Å²) >= 11 is 0. The number of imidazole rings is 1. The van der Waals surface area contributed by atoms with Crippen molar-refractivity contribution < 1.29 is 14.5 Å². The number of piperidine rings is 1. The van der Waals surface area contributed by atoms with E-state index >= 15 is 0 Å². The molecule has 11 nitrogen and oxygen atoms in total. The summed E-state index contributed by atoms with van der Waals surface area (Å²) in [5.41, 5.74) is 6.01. The van der Waals surface area contributed by atoms with Crippen LogP contribution in [0.5, 0.6) is 0 Å². The highest BCUT2D eigenvalue weighted by atomic mass is 16.6. The van der Waals surface area contributed by atoms with Gasteiger partial charge in [-0.3, -0.25) is 25.0 Å². The average molecular weight is 606 g/mol. The van der Waals surface area contributed by atoms with E-state index in [1.807, 2.05) is 36.4 Å². The Kier molecular flexibility index (Phi) is 8.70. The molecule has 6 rings (SSSR count). The summed E-state index contributed by atoms with van der Waals surface area (Å²) in [7, 11) is 0. The number of nitrogens with zero attached hydrogens (tertiary/aromatic N) is 3. The van der Waals surface area contributed by atoms with E-state index < -0.39 is 4.92 Å². The number of nitro benzene ring substituents is 1. The van der Waals surface area contributed by atoms with Crippen molar-refractivity contribution in [3.8, 4) is 11.3 Å². The minimum Gasteiger partial charge on any atom is -0.354 e. The molecule has 0 bridgehead atoms. The number of nitro groups is 1. The van der Waals surface area contributed by atoms with Gasteiger partial charge in [-0.1, -0.05) is 42.8 Å². The van der Waals surface area contributed by atoms with E-state index in [1.165, 1.54) is 57.0 Å². The number of hydrogen-bond donors (Lipinski definition) is 4. The van der Waals surface area contributed by atoms with Crippen LogP contribution in [0.15, 0.2) is 72.9 Å². The molecule has 2 aliphatic heterocycles. The number of aromatic amines is 1. The second-order valence-electron chi connectivity index (χ2n) is 11.4. The largest absolute Gasteiger partial charge is 0.354 e. The highest BCUT2D eigenvalue weighted by molar-refractivity contribution is 6.37. The number of nitrogens with one attached hydrogen (secondary N) is 4. The maximum Gasteiger partial charge on any atom is 0.270 e. The maximum absolute atomic E-state index is 13.4. The minimum atomic E-state index is -0.461. The first-order valence-electron chi connectivity index (χ1n) is 15.2. The fourth-order valence-electron chi connectivity index (χ4n) is 5.89. The second-order valence-corrected chi connectivity index (χ2v) is 11.4. The number of H-pyrrole nitrogens is 1. The number of anilines is 3. The predicted molar refractivity (Wildman–Crippen MR) is 176 cm³/mol. The van der Waals surface area contributed by atoms with Crippen LogP contribution in [0.25, 0.3) is 22.5 Å². The van der Waals surface area contributed by atoms with Crippen LogP contribution in [-0.2, 0) is 16.0 Å². The van der Waals surface area contributed by atoms with Gasteiger partial charge in [0.2, 0.25) is 11.9 Å². The summed E-state index contributed by atoms with van der Waals surface area (Å²) in [5.74, 6) is -0.191. The van der Waals surface area contributed by atoms with Gasteiger partial charge in [0.1, 0.15) is 0 Å². The molecule has 11 heteroatoms. The molecule has 4 N–H and O–H groups in total. The lowest BCUT2D eigenvalue weighted by Gasteiger charge is -2.26. The van der Waals surface area contributed by atoms with Gasteiger partial charge in [-0.25, -0.2) is 4.98 Å². The molecule has 2 amide bonds. The number of aromatic nitrogens is 2. The van der Waals surface area contributed by atoms with Gasteiger partial charge in [-0.05, 0) is 74.6 Å². The minimum absolute atomic E-state index is 0.0897. The molecule has 4 aromatic rings. The number of carbonyl (C=O) groups excluding carboxylic acids is 2. The van der Waals surface area contributed by atoms with Crippen LogP contribution >= 0.6 is 0 Å². The average Bonchev–Trinajstić information content (AvgIpc) is 3.63. The third kappa shape index (κ3) is 6.94. The van der Waals surface area contributed by atoms with Gasteiger partial charge in [-0.15, -0.1) is 0 Å². The third-order valence-electron chi connectivity index (χ3n) is 8.16. The van der Waals surface area contributed by atoms with Crippen LogP contribution in [0.1, 0.15) is 49.3 Å². The van der Waals surface area contributed by atoms with Gasteiger partial charge in [0.25, 0.3) is 11.6 Å². The van der Waals surface area contributed by atoms with Crippen molar-refractivity contribution >= 4 is 46.1 Å².